The zero-order valence-electron chi connectivity index (χ0n) is 16.8. The van der Waals surface area contributed by atoms with Crippen LogP contribution in [0.1, 0.15) is 22.8 Å². The first-order valence-electron chi connectivity index (χ1n) is 10.0. The lowest BCUT2D eigenvalue weighted by atomic mass is 9.96. The van der Waals surface area contributed by atoms with Gasteiger partial charge in [-0.2, -0.15) is 5.10 Å². The van der Waals surface area contributed by atoms with Crippen molar-refractivity contribution in [3.8, 4) is 27.5 Å². The number of aromatic nitrogens is 3. The van der Waals surface area contributed by atoms with Crippen LogP contribution in [0.3, 0.4) is 0 Å². The molecular weight excluding hydrogens is 406 g/mol. The molecule has 2 heterocycles. The molecule has 0 aliphatic rings. The second-order valence-corrected chi connectivity index (χ2v) is 8.19. The molecule has 0 bridgehead atoms. The number of aromatic carboxylic acids is 1. The lowest BCUT2D eigenvalue weighted by Crippen LogP contribution is -2.05. The molecule has 5 nitrogen and oxygen atoms in total. The molecule has 0 fully saturated rings. The van der Waals surface area contributed by atoms with E-state index >= 15 is 0 Å². The molecule has 0 atom stereocenters. The molecule has 152 valence electrons. The van der Waals surface area contributed by atoms with Gasteiger partial charge in [0.05, 0.1) is 27.0 Å². The number of benzene rings is 3. The molecule has 0 unspecified atom stereocenters. The maximum absolute atomic E-state index is 12.2. The Balaban J connectivity index is 1.79. The minimum absolute atomic E-state index is 0.297. The van der Waals surface area contributed by atoms with Gasteiger partial charge in [-0.15, -0.1) is 11.3 Å². The molecule has 2 aromatic heterocycles. The highest BCUT2D eigenvalue weighted by Gasteiger charge is 2.23. The van der Waals surface area contributed by atoms with Gasteiger partial charge in [0.25, 0.3) is 0 Å². The number of aryl methyl sites for hydroxylation is 1. The van der Waals surface area contributed by atoms with E-state index in [1.807, 2.05) is 85.9 Å². The van der Waals surface area contributed by atoms with E-state index in [1.165, 1.54) is 0 Å². The van der Waals surface area contributed by atoms with Crippen molar-refractivity contribution in [3.63, 3.8) is 0 Å². The molecular formula is C25H19N3O2S. The number of hydrogen-bond donors (Lipinski definition) is 1. The molecule has 31 heavy (non-hydrogen) atoms. The molecule has 0 amide bonds. The van der Waals surface area contributed by atoms with Crippen LogP contribution in [0.15, 0.2) is 79.0 Å². The van der Waals surface area contributed by atoms with Gasteiger partial charge in [-0.05, 0) is 36.2 Å². The van der Waals surface area contributed by atoms with E-state index in [2.05, 4.69) is 0 Å². The van der Waals surface area contributed by atoms with Crippen LogP contribution in [-0.4, -0.2) is 25.8 Å². The van der Waals surface area contributed by atoms with Crippen molar-refractivity contribution in [2.45, 2.75) is 13.3 Å². The van der Waals surface area contributed by atoms with Crippen LogP contribution in [0.2, 0.25) is 0 Å². The zero-order valence-corrected chi connectivity index (χ0v) is 17.6. The summed E-state index contributed by atoms with van der Waals surface area (Å²) in [5.74, 6) is -0.947. The normalized spacial score (nSPS) is 11.1. The lowest BCUT2D eigenvalue weighted by molar-refractivity contribution is 0.0696. The number of para-hydroxylation sites is 2. The van der Waals surface area contributed by atoms with E-state index in [0.29, 0.717) is 23.2 Å². The standard InChI is InChI=1S/C25H19N3O2S/c1-2-16-9-8-12-18(22(16)25(29)30)23-19(15-28(27-23)17-10-4-3-5-11-17)24-26-20-13-6-7-14-21(20)31-24/h3-15H,2H2,1H3,(H,29,30). The van der Waals surface area contributed by atoms with Gasteiger partial charge in [0.15, 0.2) is 0 Å². The highest BCUT2D eigenvalue weighted by molar-refractivity contribution is 7.21. The number of thiazole rings is 1. The van der Waals surface area contributed by atoms with Crippen LogP contribution < -0.4 is 0 Å². The van der Waals surface area contributed by atoms with Crippen LogP contribution in [-0.2, 0) is 6.42 Å². The summed E-state index contributed by atoms with van der Waals surface area (Å²) in [7, 11) is 0. The molecule has 0 aliphatic heterocycles. The monoisotopic (exact) mass is 425 g/mol. The topological polar surface area (TPSA) is 68.0 Å². The molecule has 0 spiro atoms. The summed E-state index contributed by atoms with van der Waals surface area (Å²) in [4.78, 5) is 17.0. The van der Waals surface area contributed by atoms with Crippen molar-refractivity contribution in [1.29, 1.82) is 0 Å². The van der Waals surface area contributed by atoms with Crippen molar-refractivity contribution >= 4 is 27.5 Å². The first-order valence-corrected chi connectivity index (χ1v) is 10.8. The molecule has 5 rings (SSSR count). The van der Waals surface area contributed by atoms with Gasteiger partial charge in [0.1, 0.15) is 10.7 Å². The third kappa shape index (κ3) is 3.41. The Kier molecular flexibility index (Phi) is 4.84. The van der Waals surface area contributed by atoms with Crippen LogP contribution in [0.25, 0.3) is 37.7 Å². The number of hydrogen-bond acceptors (Lipinski definition) is 4. The van der Waals surface area contributed by atoms with E-state index in [1.54, 1.807) is 16.0 Å². The first-order chi connectivity index (χ1) is 15.2. The lowest BCUT2D eigenvalue weighted by Gasteiger charge is -2.09. The molecule has 5 aromatic rings. The molecule has 0 radical (unpaired) electrons. The highest BCUT2D eigenvalue weighted by Crippen LogP contribution is 2.38. The van der Waals surface area contributed by atoms with Gasteiger partial charge in [-0.3, -0.25) is 0 Å². The van der Waals surface area contributed by atoms with E-state index in [-0.39, 0.29) is 0 Å². The second-order valence-electron chi connectivity index (χ2n) is 7.16. The Morgan fingerprint density at radius 3 is 2.48 bits per heavy atom. The summed E-state index contributed by atoms with van der Waals surface area (Å²) in [5.41, 5.74) is 4.95. The predicted molar refractivity (Wildman–Crippen MR) is 124 cm³/mol. The van der Waals surface area contributed by atoms with E-state index in [9.17, 15) is 9.90 Å². The van der Waals surface area contributed by atoms with Gasteiger partial charge in [-0.25, -0.2) is 14.5 Å². The van der Waals surface area contributed by atoms with Crippen LogP contribution in [0, 0.1) is 0 Å². The minimum atomic E-state index is -0.947. The molecule has 6 heteroatoms. The Morgan fingerprint density at radius 2 is 1.74 bits per heavy atom. The molecule has 0 saturated carbocycles. The van der Waals surface area contributed by atoms with Gasteiger partial charge >= 0.3 is 5.97 Å². The average molecular weight is 426 g/mol. The van der Waals surface area contributed by atoms with Crippen molar-refractivity contribution in [3.05, 3.63) is 90.1 Å². The SMILES string of the molecule is CCc1cccc(-c2nn(-c3ccccc3)cc2-c2nc3ccccc3s2)c1C(=O)O. The molecule has 3 aromatic carbocycles. The number of nitrogens with zero attached hydrogens (tertiary/aromatic N) is 3. The van der Waals surface area contributed by atoms with Crippen LogP contribution >= 0.6 is 11.3 Å². The third-order valence-electron chi connectivity index (χ3n) is 5.26. The quantitative estimate of drug-likeness (QED) is 0.371. The van der Waals surface area contributed by atoms with Gasteiger partial charge in [-0.1, -0.05) is 55.5 Å². The number of fused-ring (bicyclic) bond motifs is 1. The van der Waals surface area contributed by atoms with E-state index in [4.69, 9.17) is 10.1 Å². The summed E-state index contributed by atoms with van der Waals surface area (Å²) in [6, 6.07) is 23.4. The molecule has 0 saturated heterocycles. The Hall–Kier alpha value is -3.77. The highest BCUT2D eigenvalue weighted by atomic mass is 32.1. The van der Waals surface area contributed by atoms with Crippen LogP contribution in [0.4, 0.5) is 0 Å². The smallest absolute Gasteiger partial charge is 0.336 e. The summed E-state index contributed by atoms with van der Waals surface area (Å²) in [6.07, 6.45) is 2.57. The van der Waals surface area contributed by atoms with Gasteiger partial charge in [0.2, 0.25) is 0 Å². The van der Waals surface area contributed by atoms with E-state index in [0.717, 1.165) is 32.0 Å². The number of rotatable bonds is 5. The largest absolute Gasteiger partial charge is 0.478 e. The zero-order chi connectivity index (χ0) is 21.4. The van der Waals surface area contributed by atoms with E-state index < -0.39 is 5.97 Å². The summed E-state index contributed by atoms with van der Waals surface area (Å²) >= 11 is 1.58. The minimum Gasteiger partial charge on any atom is -0.478 e. The van der Waals surface area contributed by atoms with Gasteiger partial charge in [0, 0.05) is 11.8 Å². The Bertz CT molecular complexity index is 1370. The Labute approximate surface area is 183 Å². The van der Waals surface area contributed by atoms with Crippen molar-refractivity contribution in [1.82, 2.24) is 14.8 Å². The number of carbonyl (C=O) groups is 1. The number of carboxylic acids is 1. The number of carboxylic acid groups (broad SMARTS) is 1. The second kappa shape index (κ2) is 7.81. The summed E-state index contributed by atoms with van der Waals surface area (Å²) < 4.78 is 2.87. The maximum atomic E-state index is 12.2. The summed E-state index contributed by atoms with van der Waals surface area (Å²) in [6.45, 7) is 1.96. The Morgan fingerprint density at radius 1 is 0.968 bits per heavy atom. The van der Waals surface area contributed by atoms with Crippen molar-refractivity contribution < 1.29 is 9.90 Å². The fourth-order valence-electron chi connectivity index (χ4n) is 3.77. The maximum Gasteiger partial charge on any atom is 0.336 e. The van der Waals surface area contributed by atoms with Crippen LogP contribution in [0.5, 0.6) is 0 Å². The fraction of sp³-hybridized carbons (Fsp3) is 0.0800. The van der Waals surface area contributed by atoms with Crippen molar-refractivity contribution in [2.24, 2.45) is 0 Å². The molecule has 0 aliphatic carbocycles. The fourth-order valence-corrected chi connectivity index (χ4v) is 4.75. The van der Waals surface area contributed by atoms with Crippen molar-refractivity contribution in [2.75, 3.05) is 0 Å². The van der Waals surface area contributed by atoms with Gasteiger partial charge < -0.3 is 5.11 Å². The third-order valence-corrected chi connectivity index (χ3v) is 6.33. The molecule has 1 N–H and O–H groups in total. The first kappa shape index (κ1) is 19.2. The predicted octanol–water partition coefficient (Wildman–Crippen LogP) is 6.08. The summed E-state index contributed by atoms with van der Waals surface area (Å²) in [5, 5.41) is 15.6. The average Bonchev–Trinajstić information content (AvgIpc) is 3.43.